The Hall–Kier alpha value is -3.16. The molecule has 0 aliphatic heterocycles. The van der Waals surface area contributed by atoms with E-state index < -0.39 is 6.04 Å². The number of hydrogen-bond acceptors (Lipinski definition) is 5. The molecule has 0 aliphatic carbocycles. The van der Waals surface area contributed by atoms with Gasteiger partial charge in [-0.15, -0.1) is 11.3 Å². The first-order valence-electron chi connectivity index (χ1n) is 10.6. The third kappa shape index (κ3) is 4.38. The van der Waals surface area contributed by atoms with Crippen LogP contribution in [0.15, 0.2) is 53.6 Å². The summed E-state index contributed by atoms with van der Waals surface area (Å²) in [5, 5.41) is 3.95. The van der Waals surface area contributed by atoms with Crippen molar-refractivity contribution in [3.63, 3.8) is 0 Å². The van der Waals surface area contributed by atoms with Crippen LogP contribution in [0.3, 0.4) is 0 Å². The summed E-state index contributed by atoms with van der Waals surface area (Å²) in [5.74, 6) is 0.453. The Kier molecular flexibility index (Phi) is 6.54. The fourth-order valence-corrected chi connectivity index (χ4v) is 4.91. The number of hydrogen-bond donors (Lipinski definition) is 1. The average Bonchev–Trinajstić information content (AvgIpc) is 3.14. The number of rotatable bonds is 6. The zero-order chi connectivity index (χ0) is 23.7. The summed E-state index contributed by atoms with van der Waals surface area (Å²) in [6, 6.07) is 12.2. The fraction of sp³-hybridized carbons (Fsp3) is 0.240. The lowest BCUT2D eigenvalue weighted by Crippen LogP contribution is -2.31. The molecule has 2 aromatic carbocycles. The number of ether oxygens (including phenoxy) is 1. The van der Waals surface area contributed by atoms with Crippen molar-refractivity contribution in [3.05, 3.63) is 74.6 Å². The highest BCUT2D eigenvalue weighted by Crippen LogP contribution is 2.36. The predicted octanol–water partition coefficient (Wildman–Crippen LogP) is 5.99. The molecule has 6 nitrogen and oxygen atoms in total. The highest BCUT2D eigenvalue weighted by molar-refractivity contribution is 7.19. The maximum Gasteiger partial charge on any atom is 0.263 e. The number of thiophene rings is 1. The lowest BCUT2D eigenvalue weighted by Gasteiger charge is -2.16. The van der Waals surface area contributed by atoms with E-state index in [2.05, 4.69) is 10.3 Å². The van der Waals surface area contributed by atoms with Gasteiger partial charge in [0.05, 0.1) is 18.3 Å². The quantitative estimate of drug-likeness (QED) is 0.367. The molecular weight excluding hydrogens is 458 g/mol. The van der Waals surface area contributed by atoms with Crippen LogP contribution in [-0.2, 0) is 4.79 Å². The summed E-state index contributed by atoms with van der Waals surface area (Å²) in [5.41, 5.74) is 2.88. The van der Waals surface area contributed by atoms with E-state index in [0.29, 0.717) is 27.5 Å². The number of nitrogens with zero attached hydrogens (tertiary/aromatic N) is 2. The Bertz CT molecular complexity index is 1390. The molecule has 2 heterocycles. The normalized spacial score (nSPS) is 12.0. The van der Waals surface area contributed by atoms with Crippen LogP contribution in [0.1, 0.15) is 30.3 Å². The molecule has 0 fully saturated rings. The largest absolute Gasteiger partial charge is 0.494 e. The SMILES string of the molecule is CCOc1ccc(-c2c(C)sc3ncn(C(C)C(=O)Nc4cccc(Cl)c4C)c(=O)c23)cc1. The first-order chi connectivity index (χ1) is 15.8. The number of carbonyl (C=O) groups is 1. The van der Waals surface area contributed by atoms with Crippen molar-refractivity contribution >= 4 is 44.7 Å². The summed E-state index contributed by atoms with van der Waals surface area (Å²) >= 11 is 7.63. The van der Waals surface area contributed by atoms with Crippen molar-refractivity contribution in [1.29, 1.82) is 0 Å². The Balaban J connectivity index is 1.73. The maximum absolute atomic E-state index is 13.5. The zero-order valence-electron chi connectivity index (χ0n) is 18.8. The molecule has 0 saturated carbocycles. The standard InChI is InChI=1S/C25H24ClN3O3S/c1-5-32-18-11-9-17(10-12-18)21-16(4)33-24-22(21)25(31)29(13-27-24)15(3)23(30)28-20-8-6-7-19(26)14(20)2/h6-13,15H,5H2,1-4H3,(H,28,30). The molecule has 1 unspecified atom stereocenters. The first kappa shape index (κ1) is 23.0. The molecule has 0 spiro atoms. The number of aromatic nitrogens is 2. The number of carbonyl (C=O) groups excluding carboxylic acids is 1. The summed E-state index contributed by atoms with van der Waals surface area (Å²) in [4.78, 5) is 32.6. The molecule has 1 atom stereocenters. The van der Waals surface area contributed by atoms with Crippen molar-refractivity contribution in [2.75, 3.05) is 11.9 Å². The van der Waals surface area contributed by atoms with Crippen LogP contribution in [-0.4, -0.2) is 22.1 Å². The van der Waals surface area contributed by atoms with Gasteiger partial charge in [-0.05, 0) is 63.1 Å². The zero-order valence-corrected chi connectivity index (χ0v) is 20.4. The first-order valence-corrected chi connectivity index (χ1v) is 11.8. The number of amides is 1. The summed E-state index contributed by atoms with van der Waals surface area (Å²) in [7, 11) is 0. The second-order valence-electron chi connectivity index (χ2n) is 7.71. The Morgan fingerprint density at radius 1 is 1.21 bits per heavy atom. The van der Waals surface area contributed by atoms with E-state index in [9.17, 15) is 9.59 Å². The highest BCUT2D eigenvalue weighted by Gasteiger charge is 2.22. The van der Waals surface area contributed by atoms with Crippen molar-refractivity contribution in [2.45, 2.75) is 33.7 Å². The predicted molar refractivity (Wildman–Crippen MR) is 135 cm³/mol. The van der Waals surface area contributed by atoms with Gasteiger partial charge in [0, 0.05) is 21.2 Å². The molecule has 0 radical (unpaired) electrons. The molecular formula is C25H24ClN3O3S. The summed E-state index contributed by atoms with van der Waals surface area (Å²) < 4.78 is 6.91. The van der Waals surface area contributed by atoms with Crippen LogP contribution in [0.5, 0.6) is 5.75 Å². The van der Waals surface area contributed by atoms with Crippen molar-refractivity contribution in [1.82, 2.24) is 9.55 Å². The summed E-state index contributed by atoms with van der Waals surface area (Å²) in [6.45, 7) is 8.01. The van der Waals surface area contributed by atoms with Gasteiger partial charge in [0.15, 0.2) is 0 Å². The molecule has 1 amide bonds. The van der Waals surface area contributed by atoms with E-state index in [1.54, 1.807) is 25.1 Å². The molecule has 33 heavy (non-hydrogen) atoms. The third-order valence-corrected chi connectivity index (χ3v) is 7.01. The minimum Gasteiger partial charge on any atom is -0.494 e. The molecule has 0 bridgehead atoms. The fourth-order valence-electron chi connectivity index (χ4n) is 3.73. The van der Waals surface area contributed by atoms with Gasteiger partial charge in [-0.25, -0.2) is 4.98 Å². The second-order valence-corrected chi connectivity index (χ2v) is 9.32. The van der Waals surface area contributed by atoms with Crippen LogP contribution in [0.2, 0.25) is 5.02 Å². The molecule has 1 N–H and O–H groups in total. The van der Waals surface area contributed by atoms with Gasteiger partial charge in [-0.1, -0.05) is 29.8 Å². The number of benzene rings is 2. The number of anilines is 1. The van der Waals surface area contributed by atoms with Crippen LogP contribution in [0.4, 0.5) is 5.69 Å². The van der Waals surface area contributed by atoms with Gasteiger partial charge < -0.3 is 10.1 Å². The molecule has 0 aliphatic rings. The number of nitrogens with one attached hydrogen (secondary N) is 1. The van der Waals surface area contributed by atoms with E-state index in [-0.39, 0.29) is 11.5 Å². The van der Waals surface area contributed by atoms with Crippen LogP contribution < -0.4 is 15.6 Å². The lowest BCUT2D eigenvalue weighted by atomic mass is 10.0. The van der Waals surface area contributed by atoms with Gasteiger partial charge in [0.2, 0.25) is 5.91 Å². The Morgan fingerprint density at radius 2 is 1.94 bits per heavy atom. The smallest absolute Gasteiger partial charge is 0.263 e. The lowest BCUT2D eigenvalue weighted by molar-refractivity contribution is -0.118. The number of fused-ring (bicyclic) bond motifs is 1. The second kappa shape index (κ2) is 9.37. The molecule has 8 heteroatoms. The van der Waals surface area contributed by atoms with Gasteiger partial charge in [-0.3, -0.25) is 14.2 Å². The topological polar surface area (TPSA) is 73.2 Å². The van der Waals surface area contributed by atoms with Gasteiger partial charge >= 0.3 is 0 Å². The van der Waals surface area contributed by atoms with Crippen molar-refractivity contribution in [2.24, 2.45) is 0 Å². The van der Waals surface area contributed by atoms with Crippen LogP contribution in [0.25, 0.3) is 21.3 Å². The van der Waals surface area contributed by atoms with Crippen LogP contribution in [0, 0.1) is 13.8 Å². The number of halogens is 1. The van der Waals surface area contributed by atoms with E-state index in [1.165, 1.54) is 22.2 Å². The van der Waals surface area contributed by atoms with Crippen molar-refractivity contribution < 1.29 is 9.53 Å². The van der Waals surface area contributed by atoms with E-state index in [1.807, 2.05) is 45.0 Å². The maximum atomic E-state index is 13.5. The minimum atomic E-state index is -0.763. The number of aryl methyl sites for hydroxylation is 1. The monoisotopic (exact) mass is 481 g/mol. The molecule has 2 aromatic heterocycles. The highest BCUT2D eigenvalue weighted by atomic mass is 35.5. The summed E-state index contributed by atoms with van der Waals surface area (Å²) in [6.07, 6.45) is 1.44. The third-order valence-electron chi connectivity index (χ3n) is 5.59. The van der Waals surface area contributed by atoms with Crippen LogP contribution >= 0.6 is 22.9 Å². The minimum absolute atomic E-state index is 0.251. The molecule has 170 valence electrons. The molecule has 4 aromatic rings. The van der Waals surface area contributed by atoms with Crippen molar-refractivity contribution in [3.8, 4) is 16.9 Å². The Morgan fingerprint density at radius 3 is 2.64 bits per heavy atom. The van der Waals surface area contributed by atoms with E-state index in [4.69, 9.17) is 16.3 Å². The van der Waals surface area contributed by atoms with E-state index >= 15 is 0 Å². The van der Waals surface area contributed by atoms with Gasteiger partial charge in [0.1, 0.15) is 16.6 Å². The molecule has 0 saturated heterocycles. The molecule has 4 rings (SSSR count). The Labute approximate surface area is 200 Å². The average molecular weight is 482 g/mol. The van der Waals surface area contributed by atoms with E-state index in [0.717, 1.165) is 27.3 Å². The van der Waals surface area contributed by atoms with Gasteiger partial charge in [0.25, 0.3) is 5.56 Å². The van der Waals surface area contributed by atoms with Gasteiger partial charge in [-0.2, -0.15) is 0 Å².